The molecule has 106 valence electrons. The molecule has 0 saturated carbocycles. The first-order chi connectivity index (χ1) is 9.69. The molecule has 0 amide bonds. The van der Waals surface area contributed by atoms with Gasteiger partial charge in [0.1, 0.15) is 11.5 Å². The number of rotatable bonds is 6. The molecular weight excluding hydrogens is 250 g/mol. The molecule has 0 atom stereocenters. The van der Waals surface area contributed by atoms with Crippen molar-refractivity contribution in [2.45, 2.75) is 33.7 Å². The van der Waals surface area contributed by atoms with Crippen LogP contribution in [0, 0.1) is 13.8 Å². The SMILES string of the molecule is CCCNCc1cnc(C)cc1Oc1ccc(C)nc1. The van der Waals surface area contributed by atoms with Gasteiger partial charge in [-0.3, -0.25) is 9.97 Å². The molecule has 0 aromatic carbocycles. The van der Waals surface area contributed by atoms with Crippen LogP contribution in [-0.4, -0.2) is 16.5 Å². The summed E-state index contributed by atoms with van der Waals surface area (Å²) < 4.78 is 5.93. The lowest BCUT2D eigenvalue weighted by molar-refractivity contribution is 0.468. The molecule has 2 heterocycles. The van der Waals surface area contributed by atoms with Gasteiger partial charge in [0, 0.05) is 35.8 Å². The first-order valence-electron chi connectivity index (χ1n) is 6.96. The van der Waals surface area contributed by atoms with Crippen molar-refractivity contribution in [2.24, 2.45) is 0 Å². The summed E-state index contributed by atoms with van der Waals surface area (Å²) in [7, 11) is 0. The van der Waals surface area contributed by atoms with E-state index in [9.17, 15) is 0 Å². The van der Waals surface area contributed by atoms with Crippen molar-refractivity contribution < 1.29 is 4.74 Å². The third kappa shape index (κ3) is 4.03. The van der Waals surface area contributed by atoms with E-state index in [1.165, 1.54) is 0 Å². The number of pyridine rings is 2. The van der Waals surface area contributed by atoms with Gasteiger partial charge in [0.2, 0.25) is 0 Å². The molecule has 0 aliphatic carbocycles. The summed E-state index contributed by atoms with van der Waals surface area (Å²) in [4.78, 5) is 8.59. The van der Waals surface area contributed by atoms with Gasteiger partial charge in [-0.05, 0) is 38.9 Å². The lowest BCUT2D eigenvalue weighted by Gasteiger charge is -2.12. The molecule has 0 unspecified atom stereocenters. The fourth-order valence-electron chi connectivity index (χ4n) is 1.83. The molecule has 0 fully saturated rings. The predicted molar refractivity (Wildman–Crippen MR) is 80.0 cm³/mol. The smallest absolute Gasteiger partial charge is 0.145 e. The van der Waals surface area contributed by atoms with Crippen molar-refractivity contribution >= 4 is 0 Å². The van der Waals surface area contributed by atoms with E-state index in [1.54, 1.807) is 6.20 Å². The van der Waals surface area contributed by atoms with Crippen molar-refractivity contribution in [1.29, 1.82) is 0 Å². The first-order valence-corrected chi connectivity index (χ1v) is 6.96. The molecule has 0 radical (unpaired) electrons. The molecule has 2 rings (SSSR count). The van der Waals surface area contributed by atoms with Gasteiger partial charge in [-0.15, -0.1) is 0 Å². The first kappa shape index (κ1) is 14.5. The summed E-state index contributed by atoms with van der Waals surface area (Å²) in [5, 5.41) is 3.37. The number of ether oxygens (including phenoxy) is 1. The molecule has 0 bridgehead atoms. The minimum Gasteiger partial charge on any atom is -0.455 e. The van der Waals surface area contributed by atoms with Crippen LogP contribution in [0.25, 0.3) is 0 Å². The highest BCUT2D eigenvalue weighted by Crippen LogP contribution is 2.25. The van der Waals surface area contributed by atoms with Crippen LogP contribution in [0.2, 0.25) is 0 Å². The van der Waals surface area contributed by atoms with E-state index in [4.69, 9.17) is 4.74 Å². The van der Waals surface area contributed by atoms with Gasteiger partial charge in [-0.1, -0.05) is 6.92 Å². The van der Waals surface area contributed by atoms with E-state index >= 15 is 0 Å². The average Bonchev–Trinajstić information content (AvgIpc) is 2.44. The normalized spacial score (nSPS) is 10.6. The van der Waals surface area contributed by atoms with E-state index in [1.807, 2.05) is 38.2 Å². The molecular formula is C16H21N3O. The Morgan fingerprint density at radius 1 is 1.10 bits per heavy atom. The van der Waals surface area contributed by atoms with E-state index in [0.29, 0.717) is 0 Å². The molecule has 4 nitrogen and oxygen atoms in total. The van der Waals surface area contributed by atoms with Crippen LogP contribution in [0.15, 0.2) is 30.6 Å². The number of nitrogens with zero attached hydrogens (tertiary/aromatic N) is 2. The second kappa shape index (κ2) is 7.01. The Morgan fingerprint density at radius 3 is 2.60 bits per heavy atom. The van der Waals surface area contributed by atoms with Crippen LogP contribution in [0.1, 0.15) is 30.3 Å². The second-order valence-corrected chi connectivity index (χ2v) is 4.85. The van der Waals surface area contributed by atoms with Crippen LogP contribution in [-0.2, 0) is 6.54 Å². The fraction of sp³-hybridized carbons (Fsp3) is 0.375. The van der Waals surface area contributed by atoms with Crippen LogP contribution in [0.3, 0.4) is 0 Å². The summed E-state index contributed by atoms with van der Waals surface area (Å²) in [6.07, 6.45) is 4.72. The lowest BCUT2D eigenvalue weighted by Crippen LogP contribution is -2.14. The Balaban J connectivity index is 2.15. The van der Waals surface area contributed by atoms with E-state index in [2.05, 4.69) is 22.2 Å². The number of aromatic nitrogens is 2. The predicted octanol–water partition coefficient (Wildman–Crippen LogP) is 3.39. The van der Waals surface area contributed by atoms with Gasteiger partial charge in [0.05, 0.1) is 6.20 Å². The lowest BCUT2D eigenvalue weighted by atomic mass is 10.2. The molecule has 0 aliphatic heterocycles. The zero-order valence-corrected chi connectivity index (χ0v) is 12.3. The van der Waals surface area contributed by atoms with Gasteiger partial charge in [0.15, 0.2) is 0 Å². The second-order valence-electron chi connectivity index (χ2n) is 4.85. The van der Waals surface area contributed by atoms with Crippen molar-refractivity contribution in [3.8, 4) is 11.5 Å². The summed E-state index contributed by atoms with van der Waals surface area (Å²) >= 11 is 0. The third-order valence-electron chi connectivity index (χ3n) is 2.93. The number of hydrogen-bond acceptors (Lipinski definition) is 4. The van der Waals surface area contributed by atoms with Gasteiger partial charge in [-0.2, -0.15) is 0 Å². The van der Waals surface area contributed by atoms with E-state index in [0.717, 1.165) is 48.0 Å². The molecule has 0 saturated heterocycles. The van der Waals surface area contributed by atoms with Crippen LogP contribution >= 0.6 is 0 Å². The molecule has 0 spiro atoms. The van der Waals surface area contributed by atoms with Crippen LogP contribution < -0.4 is 10.1 Å². The maximum Gasteiger partial charge on any atom is 0.145 e. The summed E-state index contributed by atoms with van der Waals surface area (Å²) in [5.74, 6) is 1.59. The van der Waals surface area contributed by atoms with Gasteiger partial charge >= 0.3 is 0 Å². The zero-order chi connectivity index (χ0) is 14.4. The fourth-order valence-corrected chi connectivity index (χ4v) is 1.83. The highest BCUT2D eigenvalue weighted by atomic mass is 16.5. The third-order valence-corrected chi connectivity index (χ3v) is 2.93. The van der Waals surface area contributed by atoms with Crippen LogP contribution in [0.5, 0.6) is 11.5 Å². The quantitative estimate of drug-likeness (QED) is 0.818. The summed E-state index contributed by atoms with van der Waals surface area (Å²) in [6.45, 7) is 7.81. The molecule has 0 aliphatic rings. The molecule has 2 aromatic heterocycles. The monoisotopic (exact) mass is 271 g/mol. The van der Waals surface area contributed by atoms with Gasteiger partial charge in [0.25, 0.3) is 0 Å². The highest BCUT2D eigenvalue weighted by Gasteiger charge is 2.06. The largest absolute Gasteiger partial charge is 0.455 e. The minimum atomic E-state index is 0.748. The Labute approximate surface area is 120 Å². The Hall–Kier alpha value is -1.94. The summed E-state index contributed by atoms with van der Waals surface area (Å²) in [5.41, 5.74) is 2.98. The Bertz CT molecular complexity index is 552. The zero-order valence-electron chi connectivity index (χ0n) is 12.3. The van der Waals surface area contributed by atoms with Crippen LogP contribution in [0.4, 0.5) is 0 Å². The Morgan fingerprint density at radius 2 is 1.90 bits per heavy atom. The standard InChI is InChI=1S/C16H21N3O/c1-4-7-17-9-14-10-18-13(3)8-16(14)20-15-6-5-12(2)19-11-15/h5-6,8,10-11,17H,4,7,9H2,1-3H3. The van der Waals surface area contributed by atoms with Crippen molar-refractivity contribution in [1.82, 2.24) is 15.3 Å². The van der Waals surface area contributed by atoms with Crippen molar-refractivity contribution in [3.05, 3.63) is 47.5 Å². The number of nitrogens with one attached hydrogen (secondary N) is 1. The Kier molecular flexibility index (Phi) is 5.07. The molecule has 1 N–H and O–H groups in total. The maximum atomic E-state index is 5.93. The van der Waals surface area contributed by atoms with Crippen molar-refractivity contribution in [3.63, 3.8) is 0 Å². The molecule has 4 heteroatoms. The average molecular weight is 271 g/mol. The van der Waals surface area contributed by atoms with Crippen molar-refractivity contribution in [2.75, 3.05) is 6.54 Å². The highest BCUT2D eigenvalue weighted by molar-refractivity contribution is 5.37. The topological polar surface area (TPSA) is 47.0 Å². The molecule has 20 heavy (non-hydrogen) atoms. The maximum absolute atomic E-state index is 5.93. The minimum absolute atomic E-state index is 0.748. The summed E-state index contributed by atoms with van der Waals surface area (Å²) in [6, 6.07) is 5.84. The van der Waals surface area contributed by atoms with E-state index < -0.39 is 0 Å². The van der Waals surface area contributed by atoms with Gasteiger partial charge < -0.3 is 10.1 Å². The number of hydrogen-bond donors (Lipinski definition) is 1. The van der Waals surface area contributed by atoms with E-state index in [-0.39, 0.29) is 0 Å². The number of aryl methyl sites for hydroxylation is 2. The van der Waals surface area contributed by atoms with Gasteiger partial charge in [-0.25, -0.2) is 0 Å². The molecule has 2 aromatic rings.